The number of amides is 1. The molecule has 3 aromatic rings. The molecule has 172 valence electrons. The smallest absolute Gasteiger partial charge is 0.334 e. The molecule has 0 unspecified atom stereocenters. The third-order valence-electron chi connectivity index (χ3n) is 3.93. The van der Waals surface area contributed by atoms with Crippen molar-refractivity contribution in [1.82, 2.24) is 14.9 Å². The number of carbonyl (C=O) groups is 1. The number of hydrogen-bond acceptors (Lipinski definition) is 9. The Balaban J connectivity index is 1.55. The van der Waals surface area contributed by atoms with Crippen LogP contribution in [0, 0.1) is 10.1 Å². The largest absolute Gasteiger partial charge is 0.416 e. The molecule has 11 nitrogen and oxygen atoms in total. The van der Waals surface area contributed by atoms with Gasteiger partial charge in [-0.2, -0.15) is 18.3 Å². The molecule has 4 N–H and O–H groups in total. The van der Waals surface area contributed by atoms with Gasteiger partial charge in [-0.1, -0.05) is 30.0 Å². The molecule has 0 bridgehead atoms. The van der Waals surface area contributed by atoms with E-state index in [4.69, 9.17) is 5.84 Å². The van der Waals surface area contributed by atoms with Crippen LogP contribution in [0.15, 0.2) is 58.8 Å². The van der Waals surface area contributed by atoms with Crippen LogP contribution in [0.1, 0.15) is 11.1 Å². The number of nitrogen functional groups attached to an aromatic ring is 1. The van der Waals surface area contributed by atoms with Gasteiger partial charge >= 0.3 is 6.18 Å². The second-order valence-corrected chi connectivity index (χ2v) is 7.26. The highest BCUT2D eigenvalue weighted by Gasteiger charge is 2.30. The molecule has 1 heterocycles. The van der Waals surface area contributed by atoms with Crippen LogP contribution in [0.2, 0.25) is 0 Å². The molecule has 0 spiro atoms. The quantitative estimate of drug-likeness (QED) is 0.146. The normalized spacial score (nSPS) is 11.5. The Morgan fingerprint density at radius 2 is 2.00 bits per heavy atom. The minimum Gasteiger partial charge on any atom is -0.334 e. The average molecular weight is 480 g/mol. The van der Waals surface area contributed by atoms with Crippen LogP contribution in [-0.2, 0) is 11.0 Å². The van der Waals surface area contributed by atoms with Gasteiger partial charge in [-0.15, -0.1) is 10.2 Å². The predicted octanol–water partition coefficient (Wildman–Crippen LogP) is 3.10. The van der Waals surface area contributed by atoms with Gasteiger partial charge in [0.15, 0.2) is 0 Å². The molecule has 33 heavy (non-hydrogen) atoms. The SMILES string of the molecule is Nn1c(N/N=C/c2cccc([N+](=O)[O-])c2)nnc1SCC(=O)Nc1cccc(C(F)(F)F)c1. The highest BCUT2D eigenvalue weighted by atomic mass is 32.2. The van der Waals surface area contributed by atoms with Crippen LogP contribution in [0.4, 0.5) is 30.5 Å². The van der Waals surface area contributed by atoms with E-state index in [1.165, 1.54) is 36.5 Å². The van der Waals surface area contributed by atoms with Crippen molar-refractivity contribution >= 4 is 41.2 Å². The molecule has 1 amide bonds. The van der Waals surface area contributed by atoms with E-state index in [9.17, 15) is 28.1 Å². The fourth-order valence-corrected chi connectivity index (χ4v) is 3.09. The van der Waals surface area contributed by atoms with Crippen LogP contribution >= 0.6 is 11.8 Å². The highest BCUT2D eigenvalue weighted by molar-refractivity contribution is 7.99. The number of nitrogens with two attached hydrogens (primary N) is 1. The van der Waals surface area contributed by atoms with Gasteiger partial charge in [0.25, 0.3) is 11.6 Å². The number of nitro benzene ring substituents is 1. The van der Waals surface area contributed by atoms with Crippen LogP contribution in [-0.4, -0.2) is 37.7 Å². The van der Waals surface area contributed by atoms with E-state index in [1.54, 1.807) is 6.07 Å². The van der Waals surface area contributed by atoms with Crippen molar-refractivity contribution in [2.45, 2.75) is 11.3 Å². The number of benzene rings is 2. The first kappa shape index (κ1) is 23.5. The molecular weight excluding hydrogens is 465 g/mol. The molecule has 0 radical (unpaired) electrons. The average Bonchev–Trinajstić information content (AvgIpc) is 3.11. The van der Waals surface area contributed by atoms with Gasteiger partial charge in [-0.05, 0) is 18.2 Å². The zero-order valence-electron chi connectivity index (χ0n) is 16.5. The van der Waals surface area contributed by atoms with Crippen molar-refractivity contribution in [2.75, 3.05) is 22.3 Å². The predicted molar refractivity (Wildman–Crippen MR) is 115 cm³/mol. The molecule has 1 aromatic heterocycles. The van der Waals surface area contributed by atoms with E-state index in [0.717, 1.165) is 28.6 Å². The zero-order chi connectivity index (χ0) is 24.0. The molecule has 3 rings (SSSR count). The number of thioether (sulfide) groups is 1. The molecule has 15 heteroatoms. The summed E-state index contributed by atoms with van der Waals surface area (Å²) in [6.07, 6.45) is -3.20. The van der Waals surface area contributed by atoms with E-state index in [2.05, 4.69) is 26.0 Å². The Labute approximate surface area is 188 Å². The summed E-state index contributed by atoms with van der Waals surface area (Å²) in [4.78, 5) is 22.3. The Bertz CT molecular complexity index is 1200. The summed E-state index contributed by atoms with van der Waals surface area (Å²) in [5, 5.41) is 24.8. The maximum absolute atomic E-state index is 12.8. The first-order chi connectivity index (χ1) is 15.6. The summed E-state index contributed by atoms with van der Waals surface area (Å²) in [5.41, 5.74) is 2.01. The molecule has 0 aliphatic heterocycles. The Morgan fingerprint density at radius 3 is 2.73 bits per heavy atom. The number of hydrazone groups is 1. The molecule has 0 aliphatic carbocycles. The van der Waals surface area contributed by atoms with Gasteiger partial charge in [-0.3, -0.25) is 14.9 Å². The minimum absolute atomic E-state index is 0.00230. The standard InChI is InChI=1S/C18H15F3N8O3S/c19-18(20,21)12-4-2-5-13(8-12)24-15(30)10-33-17-27-26-16(28(17)22)25-23-9-11-3-1-6-14(7-11)29(31)32/h1-9H,10,22H2,(H,24,30)(H,25,26)/b23-9+. The number of halogens is 3. The number of anilines is 2. The molecule has 0 aliphatic rings. The summed E-state index contributed by atoms with van der Waals surface area (Å²) in [5.74, 6) is 5.11. The zero-order valence-corrected chi connectivity index (χ0v) is 17.3. The lowest BCUT2D eigenvalue weighted by Crippen LogP contribution is -2.17. The van der Waals surface area contributed by atoms with Crippen molar-refractivity contribution in [3.05, 3.63) is 69.8 Å². The Morgan fingerprint density at radius 1 is 1.24 bits per heavy atom. The van der Waals surface area contributed by atoms with Gasteiger partial charge in [-0.25, -0.2) is 10.1 Å². The van der Waals surface area contributed by atoms with E-state index >= 15 is 0 Å². The van der Waals surface area contributed by atoms with Gasteiger partial charge in [0.1, 0.15) is 0 Å². The van der Waals surface area contributed by atoms with Crippen molar-refractivity contribution in [3.8, 4) is 0 Å². The summed E-state index contributed by atoms with van der Waals surface area (Å²) in [6.45, 7) is 0. The second-order valence-electron chi connectivity index (χ2n) is 6.31. The van der Waals surface area contributed by atoms with E-state index in [1.807, 2.05) is 0 Å². The van der Waals surface area contributed by atoms with E-state index in [0.29, 0.717) is 5.56 Å². The molecular formula is C18H15F3N8O3S. The van der Waals surface area contributed by atoms with Gasteiger partial charge < -0.3 is 11.2 Å². The van der Waals surface area contributed by atoms with Crippen molar-refractivity contribution in [1.29, 1.82) is 0 Å². The molecule has 0 saturated carbocycles. The van der Waals surface area contributed by atoms with Gasteiger partial charge in [0.05, 0.1) is 22.5 Å². The summed E-state index contributed by atoms with van der Waals surface area (Å²) >= 11 is 0.903. The first-order valence-electron chi connectivity index (χ1n) is 8.97. The van der Waals surface area contributed by atoms with Crippen molar-refractivity contribution in [2.24, 2.45) is 5.10 Å². The summed E-state index contributed by atoms with van der Waals surface area (Å²) in [7, 11) is 0. The Hall–Kier alpha value is -4.14. The van der Waals surface area contributed by atoms with Crippen LogP contribution in [0.5, 0.6) is 0 Å². The first-order valence-corrected chi connectivity index (χ1v) is 9.96. The molecule has 0 saturated heterocycles. The molecule has 2 aromatic carbocycles. The lowest BCUT2D eigenvalue weighted by atomic mass is 10.2. The number of non-ortho nitro benzene ring substituents is 1. The second kappa shape index (κ2) is 9.99. The number of hydrogen-bond donors (Lipinski definition) is 3. The van der Waals surface area contributed by atoms with Gasteiger partial charge in [0.2, 0.25) is 11.1 Å². The highest BCUT2D eigenvalue weighted by Crippen LogP contribution is 2.30. The van der Waals surface area contributed by atoms with Crippen molar-refractivity contribution < 1.29 is 22.9 Å². The molecule has 0 atom stereocenters. The van der Waals surface area contributed by atoms with Crippen molar-refractivity contribution in [3.63, 3.8) is 0 Å². The summed E-state index contributed by atoms with van der Waals surface area (Å²) < 4.78 is 39.3. The monoisotopic (exact) mass is 480 g/mol. The third kappa shape index (κ3) is 6.42. The number of nitrogens with one attached hydrogen (secondary N) is 2. The lowest BCUT2D eigenvalue weighted by Gasteiger charge is -2.09. The minimum atomic E-state index is -4.52. The van der Waals surface area contributed by atoms with Crippen LogP contribution in [0.25, 0.3) is 0 Å². The Kier molecular flexibility index (Phi) is 7.12. The number of nitrogens with zero attached hydrogens (tertiary/aromatic N) is 5. The van der Waals surface area contributed by atoms with Crippen LogP contribution < -0.4 is 16.6 Å². The van der Waals surface area contributed by atoms with E-state index < -0.39 is 22.6 Å². The fourth-order valence-electron chi connectivity index (χ4n) is 2.44. The number of nitro groups is 1. The topological polar surface area (TPSA) is 153 Å². The number of alkyl halides is 3. The van der Waals surface area contributed by atoms with Crippen LogP contribution in [0.3, 0.4) is 0 Å². The molecule has 0 fully saturated rings. The number of rotatable bonds is 8. The summed E-state index contributed by atoms with van der Waals surface area (Å²) in [6, 6.07) is 10.0. The maximum atomic E-state index is 12.8. The maximum Gasteiger partial charge on any atom is 0.416 e. The van der Waals surface area contributed by atoms with Gasteiger partial charge in [0, 0.05) is 23.4 Å². The number of carbonyl (C=O) groups excluding carboxylic acids is 1. The fraction of sp³-hybridized carbons (Fsp3) is 0.111. The third-order valence-corrected chi connectivity index (χ3v) is 4.87. The lowest BCUT2D eigenvalue weighted by molar-refractivity contribution is -0.384. The van der Waals surface area contributed by atoms with E-state index in [-0.39, 0.29) is 28.2 Å². The number of aromatic nitrogens is 3.